The maximum Gasteiger partial charge on any atom is 0.327 e. The molecule has 1 amide bonds. The summed E-state index contributed by atoms with van der Waals surface area (Å²) >= 11 is 0. The van der Waals surface area contributed by atoms with Gasteiger partial charge in [0.25, 0.3) is 0 Å². The molecule has 1 rings (SSSR count). The highest BCUT2D eigenvalue weighted by Crippen LogP contribution is 2.01. The smallest absolute Gasteiger partial charge is 0.327 e. The summed E-state index contributed by atoms with van der Waals surface area (Å²) in [7, 11) is 0. The van der Waals surface area contributed by atoms with Crippen molar-refractivity contribution in [3.8, 4) is 0 Å². The third kappa shape index (κ3) is 3.12. The van der Waals surface area contributed by atoms with Crippen LogP contribution in [0, 0.1) is 0 Å². The van der Waals surface area contributed by atoms with Crippen LogP contribution in [-0.2, 0) is 0 Å². The van der Waals surface area contributed by atoms with Crippen molar-refractivity contribution in [3.05, 3.63) is 30.0 Å². The minimum Gasteiger partial charge on any atom is -0.401 e. The summed E-state index contributed by atoms with van der Waals surface area (Å²) in [5, 5.41) is 2.70. The molecular formula is C10H16N4O. The van der Waals surface area contributed by atoms with Crippen LogP contribution >= 0.6 is 0 Å². The summed E-state index contributed by atoms with van der Waals surface area (Å²) < 4.78 is 1.37. The first-order valence-corrected chi connectivity index (χ1v) is 4.85. The van der Waals surface area contributed by atoms with Crippen LogP contribution in [0.3, 0.4) is 0 Å². The molecule has 0 saturated heterocycles. The average Bonchev–Trinajstić information content (AvgIpc) is 2.77. The van der Waals surface area contributed by atoms with Crippen molar-refractivity contribution in [1.29, 1.82) is 0 Å². The Kier molecular flexibility index (Phi) is 3.91. The summed E-state index contributed by atoms with van der Waals surface area (Å²) in [4.78, 5) is 15.2. The van der Waals surface area contributed by atoms with E-state index in [1.165, 1.54) is 10.9 Å². The lowest BCUT2D eigenvalue weighted by Crippen LogP contribution is -2.31. The number of amides is 1. The van der Waals surface area contributed by atoms with Gasteiger partial charge in [-0.15, -0.1) is 0 Å². The summed E-state index contributed by atoms with van der Waals surface area (Å²) in [5.74, 6) is 0. The summed E-state index contributed by atoms with van der Waals surface area (Å²) in [6.07, 6.45) is 5.48. The minimum absolute atomic E-state index is 0.223. The van der Waals surface area contributed by atoms with E-state index in [-0.39, 0.29) is 6.03 Å². The molecule has 1 aromatic rings. The lowest BCUT2D eigenvalue weighted by atomic mass is 10.2. The quantitative estimate of drug-likeness (QED) is 0.780. The standard InChI is InChI=1S/C10H16N4O/c1-3-8(2)9(11)6-13-10(15)14-5-4-12-7-14/h4-5,7H,3,6,11H2,1-2H3,(H,13,15)/b9-8+. The molecule has 15 heavy (non-hydrogen) atoms. The molecule has 0 spiro atoms. The van der Waals surface area contributed by atoms with Crippen molar-refractivity contribution in [2.75, 3.05) is 6.54 Å². The van der Waals surface area contributed by atoms with Crippen LogP contribution in [0.2, 0.25) is 0 Å². The average molecular weight is 208 g/mol. The normalized spacial score (nSPS) is 12.1. The molecule has 0 aromatic carbocycles. The van der Waals surface area contributed by atoms with E-state index in [0.717, 1.165) is 12.0 Å². The van der Waals surface area contributed by atoms with Gasteiger partial charge in [0.05, 0.1) is 6.54 Å². The van der Waals surface area contributed by atoms with Gasteiger partial charge >= 0.3 is 6.03 Å². The fourth-order valence-electron chi connectivity index (χ4n) is 1.02. The van der Waals surface area contributed by atoms with E-state index in [4.69, 9.17) is 5.73 Å². The Bertz CT molecular complexity index is 354. The van der Waals surface area contributed by atoms with Gasteiger partial charge in [-0.2, -0.15) is 0 Å². The number of allylic oxidation sites excluding steroid dienone is 1. The summed E-state index contributed by atoms with van der Waals surface area (Å²) in [6, 6.07) is -0.223. The van der Waals surface area contributed by atoms with Crippen LogP contribution in [0.1, 0.15) is 20.3 Å². The SMILES string of the molecule is CC/C(C)=C(/N)CNC(=O)n1ccnc1. The molecule has 0 fully saturated rings. The number of carbonyl (C=O) groups excluding carboxylic acids is 1. The van der Waals surface area contributed by atoms with Gasteiger partial charge in [0.2, 0.25) is 0 Å². The highest BCUT2D eigenvalue weighted by atomic mass is 16.2. The molecule has 1 aromatic heterocycles. The molecule has 0 aliphatic heterocycles. The number of nitrogens with two attached hydrogens (primary N) is 1. The maximum absolute atomic E-state index is 11.5. The van der Waals surface area contributed by atoms with Gasteiger partial charge in [0, 0.05) is 18.1 Å². The predicted molar refractivity (Wildman–Crippen MR) is 58.2 cm³/mol. The van der Waals surface area contributed by atoms with Crippen LogP contribution in [0.15, 0.2) is 30.0 Å². The summed E-state index contributed by atoms with van der Waals surface area (Å²) in [5.41, 5.74) is 7.58. The number of aromatic nitrogens is 2. The topological polar surface area (TPSA) is 72.9 Å². The first-order chi connectivity index (χ1) is 7.15. The number of hydrogen-bond acceptors (Lipinski definition) is 3. The Labute approximate surface area is 89.0 Å². The fourth-order valence-corrected chi connectivity index (χ4v) is 1.02. The van der Waals surface area contributed by atoms with Gasteiger partial charge in [0.15, 0.2) is 0 Å². The van der Waals surface area contributed by atoms with Gasteiger partial charge in [-0.1, -0.05) is 12.5 Å². The zero-order valence-electron chi connectivity index (χ0n) is 9.03. The molecule has 0 radical (unpaired) electrons. The number of rotatable bonds is 3. The van der Waals surface area contributed by atoms with Crippen LogP contribution in [0.4, 0.5) is 4.79 Å². The third-order valence-corrected chi connectivity index (χ3v) is 2.25. The second-order valence-electron chi connectivity index (χ2n) is 3.29. The molecular weight excluding hydrogens is 192 g/mol. The number of nitrogens with one attached hydrogen (secondary N) is 1. The Balaban J connectivity index is 2.48. The maximum atomic E-state index is 11.5. The molecule has 3 N–H and O–H groups in total. The molecule has 82 valence electrons. The van der Waals surface area contributed by atoms with Crippen LogP contribution < -0.4 is 11.1 Å². The van der Waals surface area contributed by atoms with Gasteiger partial charge < -0.3 is 11.1 Å². The van der Waals surface area contributed by atoms with Gasteiger partial charge in [-0.25, -0.2) is 9.78 Å². The van der Waals surface area contributed by atoms with E-state index in [2.05, 4.69) is 10.3 Å². The van der Waals surface area contributed by atoms with E-state index in [1.54, 1.807) is 12.4 Å². The second-order valence-corrected chi connectivity index (χ2v) is 3.29. The van der Waals surface area contributed by atoms with E-state index in [9.17, 15) is 4.79 Å². The van der Waals surface area contributed by atoms with E-state index in [1.807, 2.05) is 13.8 Å². The monoisotopic (exact) mass is 208 g/mol. The third-order valence-electron chi connectivity index (χ3n) is 2.25. The van der Waals surface area contributed by atoms with Crippen LogP contribution in [0.5, 0.6) is 0 Å². The van der Waals surface area contributed by atoms with E-state index in [0.29, 0.717) is 12.2 Å². The molecule has 0 unspecified atom stereocenters. The van der Waals surface area contributed by atoms with Crippen molar-refractivity contribution in [1.82, 2.24) is 14.9 Å². The Morgan fingerprint density at radius 3 is 2.87 bits per heavy atom. The molecule has 0 bridgehead atoms. The van der Waals surface area contributed by atoms with Gasteiger partial charge in [-0.3, -0.25) is 4.57 Å². The van der Waals surface area contributed by atoms with Crippen molar-refractivity contribution >= 4 is 6.03 Å². The van der Waals surface area contributed by atoms with Gasteiger partial charge in [0.1, 0.15) is 6.33 Å². The Morgan fingerprint density at radius 1 is 1.60 bits per heavy atom. The lowest BCUT2D eigenvalue weighted by Gasteiger charge is -2.07. The highest BCUT2D eigenvalue weighted by Gasteiger charge is 2.03. The summed E-state index contributed by atoms with van der Waals surface area (Å²) in [6.45, 7) is 4.36. The van der Waals surface area contributed by atoms with Crippen LogP contribution in [-0.4, -0.2) is 22.1 Å². The molecule has 0 atom stereocenters. The largest absolute Gasteiger partial charge is 0.401 e. The van der Waals surface area contributed by atoms with Crippen molar-refractivity contribution in [2.24, 2.45) is 5.73 Å². The fraction of sp³-hybridized carbons (Fsp3) is 0.400. The molecule has 0 saturated carbocycles. The van der Waals surface area contributed by atoms with E-state index >= 15 is 0 Å². The van der Waals surface area contributed by atoms with Gasteiger partial charge in [-0.05, 0) is 13.3 Å². The highest BCUT2D eigenvalue weighted by molar-refractivity contribution is 5.76. The minimum atomic E-state index is -0.223. The number of carbonyl (C=O) groups is 1. The molecule has 0 aliphatic carbocycles. The lowest BCUT2D eigenvalue weighted by molar-refractivity contribution is 0.243. The van der Waals surface area contributed by atoms with E-state index < -0.39 is 0 Å². The zero-order valence-corrected chi connectivity index (χ0v) is 9.03. The second kappa shape index (κ2) is 5.19. The molecule has 1 heterocycles. The molecule has 5 heteroatoms. The van der Waals surface area contributed by atoms with Crippen LogP contribution in [0.25, 0.3) is 0 Å². The van der Waals surface area contributed by atoms with Crippen molar-refractivity contribution in [3.63, 3.8) is 0 Å². The molecule has 0 aliphatic rings. The Hall–Kier alpha value is -1.78. The van der Waals surface area contributed by atoms with Crippen molar-refractivity contribution < 1.29 is 4.79 Å². The number of hydrogen-bond donors (Lipinski definition) is 2. The number of imidazole rings is 1. The Morgan fingerprint density at radius 2 is 2.33 bits per heavy atom. The predicted octanol–water partition coefficient (Wildman–Crippen LogP) is 1.08. The first-order valence-electron chi connectivity index (χ1n) is 4.85. The number of nitrogens with zero attached hydrogens (tertiary/aromatic N) is 2. The molecule has 5 nitrogen and oxygen atoms in total. The first kappa shape index (κ1) is 11.3. The zero-order chi connectivity index (χ0) is 11.3. The van der Waals surface area contributed by atoms with Crippen molar-refractivity contribution in [2.45, 2.75) is 20.3 Å².